The van der Waals surface area contributed by atoms with Crippen LogP contribution < -0.4 is 17.0 Å². The van der Waals surface area contributed by atoms with Gasteiger partial charge in [0.15, 0.2) is 0 Å². The molecule has 4 rings (SSSR count). The lowest BCUT2D eigenvalue weighted by Crippen LogP contribution is -2.41. The van der Waals surface area contributed by atoms with Crippen molar-refractivity contribution >= 4 is 23.6 Å². The summed E-state index contributed by atoms with van der Waals surface area (Å²) in [7, 11) is 0. The quantitative estimate of drug-likeness (QED) is 0.452. The Labute approximate surface area is 213 Å². The highest BCUT2D eigenvalue weighted by Gasteiger charge is 2.29. The molecule has 3 aromatic rings. The molecule has 37 heavy (non-hydrogen) atoms. The highest BCUT2D eigenvalue weighted by Crippen LogP contribution is 2.28. The van der Waals surface area contributed by atoms with Gasteiger partial charge in [-0.15, -0.1) is 0 Å². The van der Waals surface area contributed by atoms with Gasteiger partial charge >= 0.3 is 6.09 Å². The molecular weight excluding hydrogens is 482 g/mol. The highest BCUT2D eigenvalue weighted by atomic mass is 16.6. The number of piperidine rings is 1. The van der Waals surface area contributed by atoms with Crippen LogP contribution in [0.5, 0.6) is 0 Å². The van der Waals surface area contributed by atoms with E-state index in [1.807, 2.05) is 20.8 Å². The summed E-state index contributed by atoms with van der Waals surface area (Å²) < 4.78 is 8.38. The minimum absolute atomic E-state index is 0.0408. The van der Waals surface area contributed by atoms with Crippen LogP contribution >= 0.6 is 0 Å². The molecule has 0 aliphatic carbocycles. The molecule has 1 saturated heterocycles. The molecule has 14 heteroatoms. The van der Waals surface area contributed by atoms with Gasteiger partial charge in [-0.05, 0) is 47.5 Å². The van der Waals surface area contributed by atoms with Crippen molar-refractivity contribution in [2.24, 2.45) is 11.5 Å². The molecule has 5 N–H and O–H groups in total. The number of ether oxygens (including phenoxy) is 1. The highest BCUT2D eigenvalue weighted by molar-refractivity contribution is 5.98. The minimum Gasteiger partial charge on any atom is -0.444 e. The van der Waals surface area contributed by atoms with Gasteiger partial charge in [-0.2, -0.15) is 10.2 Å². The molecule has 0 aromatic carbocycles. The molecule has 14 nitrogen and oxygen atoms in total. The van der Waals surface area contributed by atoms with E-state index in [0.717, 1.165) is 0 Å². The monoisotopic (exact) mass is 515 g/mol. The van der Waals surface area contributed by atoms with E-state index >= 15 is 0 Å². The van der Waals surface area contributed by atoms with E-state index in [-0.39, 0.29) is 23.1 Å². The van der Waals surface area contributed by atoms with Gasteiger partial charge in [0, 0.05) is 25.1 Å². The van der Waals surface area contributed by atoms with Crippen molar-refractivity contribution in [1.82, 2.24) is 34.3 Å². The van der Waals surface area contributed by atoms with Crippen LogP contribution in [0.2, 0.25) is 0 Å². The largest absolute Gasteiger partial charge is 0.444 e. The maximum Gasteiger partial charge on any atom is 0.410 e. The number of nitrogens with zero attached hydrogens (tertiary/aromatic N) is 6. The third kappa shape index (κ3) is 6.32. The maximum absolute atomic E-state index is 12.2. The van der Waals surface area contributed by atoms with Crippen LogP contribution in [0, 0.1) is 0 Å². The van der Waals surface area contributed by atoms with Crippen LogP contribution in [0.1, 0.15) is 69.4 Å². The van der Waals surface area contributed by atoms with Crippen molar-refractivity contribution in [3.8, 4) is 0 Å². The molecule has 0 atom stereocenters. The Morgan fingerprint density at radius 3 is 2.24 bits per heavy atom. The van der Waals surface area contributed by atoms with Crippen LogP contribution in [0.25, 0.3) is 5.65 Å². The molecule has 0 saturated carbocycles. The Balaban J connectivity index is 0.000000289. The van der Waals surface area contributed by atoms with Crippen molar-refractivity contribution < 1.29 is 19.1 Å². The fourth-order valence-electron chi connectivity index (χ4n) is 3.78. The van der Waals surface area contributed by atoms with Gasteiger partial charge in [0.25, 0.3) is 11.5 Å². The summed E-state index contributed by atoms with van der Waals surface area (Å²) in [5.41, 5.74) is 10.0. The average molecular weight is 516 g/mol. The molecule has 4 heterocycles. The Morgan fingerprint density at radius 1 is 1.08 bits per heavy atom. The zero-order valence-corrected chi connectivity index (χ0v) is 21.6. The number of carbonyl (C=O) groups is 3. The molecule has 3 amide bonds. The van der Waals surface area contributed by atoms with E-state index in [2.05, 4.69) is 20.2 Å². The van der Waals surface area contributed by atoms with Gasteiger partial charge in [0.2, 0.25) is 5.91 Å². The Hall–Kier alpha value is -4.23. The number of carbonyl (C=O) groups excluding carboxylic acids is 3. The second-order valence-corrected chi connectivity index (χ2v) is 10.2. The number of nitrogens with two attached hydrogens (primary N) is 2. The molecular formula is C23H33N9O5. The molecule has 0 unspecified atom stereocenters. The molecule has 1 fully saturated rings. The number of H-pyrrole nitrogens is 1. The SMILES string of the molecule is CC(C)(C(N)=O)n1cncn1.CC(C)(C)OC(=O)N1CCC(c2cc(=O)[nH]c3c(C(N)=O)cnn23)CC1. The van der Waals surface area contributed by atoms with Crippen molar-refractivity contribution in [1.29, 1.82) is 0 Å². The first kappa shape index (κ1) is 27.4. The fourth-order valence-corrected chi connectivity index (χ4v) is 3.78. The van der Waals surface area contributed by atoms with Crippen molar-refractivity contribution in [2.75, 3.05) is 13.1 Å². The topological polar surface area (TPSA) is 197 Å². The van der Waals surface area contributed by atoms with E-state index in [9.17, 15) is 19.2 Å². The van der Waals surface area contributed by atoms with Gasteiger partial charge in [-0.25, -0.2) is 19.0 Å². The third-order valence-corrected chi connectivity index (χ3v) is 5.96. The van der Waals surface area contributed by atoms with Gasteiger partial charge in [-0.3, -0.25) is 14.4 Å². The van der Waals surface area contributed by atoms with Crippen LogP contribution in [0.4, 0.5) is 4.79 Å². The lowest BCUT2D eigenvalue weighted by Gasteiger charge is -2.33. The van der Waals surface area contributed by atoms with Crippen molar-refractivity contribution in [2.45, 2.75) is 64.5 Å². The summed E-state index contributed by atoms with van der Waals surface area (Å²) in [6.45, 7) is 9.92. The number of primary amides is 2. The summed E-state index contributed by atoms with van der Waals surface area (Å²) in [6, 6.07) is 1.48. The van der Waals surface area contributed by atoms with E-state index in [4.69, 9.17) is 16.2 Å². The van der Waals surface area contributed by atoms with Crippen LogP contribution in [-0.4, -0.2) is 70.9 Å². The summed E-state index contributed by atoms with van der Waals surface area (Å²) in [6.07, 6.45) is 5.19. The Kier molecular flexibility index (Phi) is 7.69. The summed E-state index contributed by atoms with van der Waals surface area (Å²) in [5, 5.41) is 8.01. The lowest BCUT2D eigenvalue weighted by atomic mass is 9.93. The molecule has 1 aliphatic rings. The van der Waals surface area contributed by atoms with Crippen molar-refractivity contribution in [3.05, 3.63) is 46.5 Å². The van der Waals surface area contributed by atoms with Gasteiger partial charge in [0.05, 0.1) is 11.9 Å². The predicted molar refractivity (Wildman–Crippen MR) is 133 cm³/mol. The molecule has 0 radical (unpaired) electrons. The van der Waals surface area contributed by atoms with E-state index in [0.29, 0.717) is 37.3 Å². The summed E-state index contributed by atoms with van der Waals surface area (Å²) in [4.78, 5) is 54.5. The second kappa shape index (κ2) is 10.4. The first-order chi connectivity index (χ1) is 17.2. The number of amides is 3. The Bertz CT molecular complexity index is 1330. The summed E-state index contributed by atoms with van der Waals surface area (Å²) in [5.74, 6) is -1.03. The number of hydrogen-bond donors (Lipinski definition) is 3. The van der Waals surface area contributed by atoms with Gasteiger partial charge in [0.1, 0.15) is 35.0 Å². The zero-order chi connectivity index (χ0) is 27.5. The number of fused-ring (bicyclic) bond motifs is 1. The van der Waals surface area contributed by atoms with E-state index in [1.54, 1.807) is 23.3 Å². The van der Waals surface area contributed by atoms with Gasteiger partial charge in [-0.1, -0.05) is 0 Å². The smallest absolute Gasteiger partial charge is 0.410 e. The zero-order valence-electron chi connectivity index (χ0n) is 21.6. The first-order valence-electron chi connectivity index (χ1n) is 11.7. The van der Waals surface area contributed by atoms with Crippen LogP contribution in [-0.2, 0) is 15.1 Å². The predicted octanol–water partition coefficient (Wildman–Crippen LogP) is 0.735. The van der Waals surface area contributed by atoms with Crippen LogP contribution in [0.15, 0.2) is 29.7 Å². The third-order valence-electron chi connectivity index (χ3n) is 5.96. The first-order valence-corrected chi connectivity index (χ1v) is 11.7. The average Bonchev–Trinajstić information content (AvgIpc) is 3.48. The van der Waals surface area contributed by atoms with Gasteiger partial charge < -0.3 is 26.1 Å². The van der Waals surface area contributed by atoms with Crippen LogP contribution in [0.3, 0.4) is 0 Å². The lowest BCUT2D eigenvalue weighted by molar-refractivity contribution is -0.125. The molecule has 0 spiro atoms. The van der Waals surface area contributed by atoms with E-state index < -0.39 is 23.0 Å². The minimum atomic E-state index is -0.795. The number of hydrogen-bond acceptors (Lipinski definition) is 8. The number of rotatable bonds is 4. The molecule has 1 aliphatic heterocycles. The summed E-state index contributed by atoms with van der Waals surface area (Å²) >= 11 is 0. The molecule has 200 valence electrons. The van der Waals surface area contributed by atoms with Crippen molar-refractivity contribution in [3.63, 3.8) is 0 Å². The second-order valence-electron chi connectivity index (χ2n) is 10.2. The Morgan fingerprint density at radius 2 is 1.73 bits per heavy atom. The molecule has 3 aromatic heterocycles. The number of aromatic amines is 1. The molecule has 0 bridgehead atoms. The standard InChI is InChI=1S/C17H23N5O4.C6H10N4O/c1-17(2,3)26-16(25)21-6-4-10(5-7-21)12-8-13(23)20-15-11(14(18)24)9-19-22(12)15;1-6(2,5(7)11)10-4-8-3-9-10/h8-10H,4-7H2,1-3H3,(H2,18,24)(H,20,23);3-4H,1-2H3,(H2,7,11). The maximum atomic E-state index is 12.2. The number of nitrogens with one attached hydrogen (secondary N) is 1. The number of aromatic nitrogens is 6. The fraction of sp³-hybridized carbons (Fsp3) is 0.522. The van der Waals surface area contributed by atoms with E-state index in [1.165, 1.54) is 29.6 Å². The normalized spacial score (nSPS) is 14.7. The number of likely N-dealkylation sites (tertiary alicyclic amines) is 1.